The zero-order chi connectivity index (χ0) is 14.7. The van der Waals surface area contributed by atoms with Gasteiger partial charge in [0, 0.05) is 37.0 Å². The molecule has 1 aromatic carbocycles. The van der Waals surface area contributed by atoms with Crippen LogP contribution in [0.2, 0.25) is 0 Å². The predicted molar refractivity (Wildman–Crippen MR) is 79.3 cm³/mol. The molecule has 110 valence electrons. The summed E-state index contributed by atoms with van der Waals surface area (Å²) >= 11 is 0. The van der Waals surface area contributed by atoms with Crippen LogP contribution in [0.3, 0.4) is 0 Å². The Labute approximate surface area is 123 Å². The first-order valence-electron chi connectivity index (χ1n) is 6.93. The van der Waals surface area contributed by atoms with Gasteiger partial charge in [-0.25, -0.2) is 0 Å². The fraction of sp³-hybridized carbons (Fsp3) is 0.333. The third kappa shape index (κ3) is 2.90. The van der Waals surface area contributed by atoms with Crippen molar-refractivity contribution in [2.24, 2.45) is 0 Å². The molecule has 0 radical (unpaired) electrons. The molecular formula is C15H18N4O2. The molecule has 0 spiro atoms. The number of amides is 1. The van der Waals surface area contributed by atoms with Gasteiger partial charge in [0.1, 0.15) is 6.61 Å². The normalized spacial score (nSPS) is 13.9. The molecule has 1 amide bonds. The molecule has 2 aromatic rings. The van der Waals surface area contributed by atoms with Gasteiger partial charge in [-0.1, -0.05) is 18.2 Å². The molecule has 1 aliphatic rings. The number of hydrogen-bond donors (Lipinski definition) is 2. The quantitative estimate of drug-likeness (QED) is 0.897. The van der Waals surface area contributed by atoms with Crippen molar-refractivity contribution < 1.29 is 9.53 Å². The number of fused-ring (bicyclic) bond motifs is 1. The van der Waals surface area contributed by atoms with Crippen LogP contribution in [0.1, 0.15) is 11.3 Å². The van der Waals surface area contributed by atoms with E-state index >= 15 is 0 Å². The van der Waals surface area contributed by atoms with Gasteiger partial charge in [-0.3, -0.25) is 9.89 Å². The minimum atomic E-state index is 0.00927. The molecule has 0 bridgehead atoms. The smallest absolute Gasteiger partial charge is 0.248 e. The van der Waals surface area contributed by atoms with Crippen LogP contribution < -0.4 is 5.32 Å². The van der Waals surface area contributed by atoms with Crippen molar-refractivity contribution in [1.82, 2.24) is 15.1 Å². The third-order valence-electron chi connectivity index (χ3n) is 3.59. The lowest BCUT2D eigenvalue weighted by Crippen LogP contribution is -2.38. The molecule has 0 unspecified atom stereocenters. The number of aromatic amines is 1. The van der Waals surface area contributed by atoms with Crippen molar-refractivity contribution in [3.05, 3.63) is 41.6 Å². The van der Waals surface area contributed by atoms with E-state index in [2.05, 4.69) is 15.5 Å². The van der Waals surface area contributed by atoms with Crippen molar-refractivity contribution in [2.45, 2.75) is 13.0 Å². The molecule has 2 heterocycles. The second-order valence-electron chi connectivity index (χ2n) is 5.02. The van der Waals surface area contributed by atoms with Crippen LogP contribution in [0.4, 0.5) is 11.5 Å². The van der Waals surface area contributed by atoms with Gasteiger partial charge in [0.25, 0.3) is 0 Å². The number of methoxy groups -OCH3 is 1. The molecule has 1 aliphatic heterocycles. The number of H-pyrrole nitrogens is 1. The number of para-hydroxylation sites is 1. The number of benzene rings is 1. The van der Waals surface area contributed by atoms with E-state index in [4.69, 9.17) is 4.74 Å². The monoisotopic (exact) mass is 286 g/mol. The zero-order valence-corrected chi connectivity index (χ0v) is 11.9. The fourth-order valence-corrected chi connectivity index (χ4v) is 2.48. The first-order valence-corrected chi connectivity index (χ1v) is 6.93. The van der Waals surface area contributed by atoms with Crippen LogP contribution >= 0.6 is 0 Å². The van der Waals surface area contributed by atoms with Crippen molar-refractivity contribution >= 4 is 17.4 Å². The molecular weight excluding hydrogens is 268 g/mol. The Morgan fingerprint density at radius 2 is 2.24 bits per heavy atom. The highest BCUT2D eigenvalue weighted by Crippen LogP contribution is 2.26. The number of nitrogens with one attached hydrogen (secondary N) is 2. The van der Waals surface area contributed by atoms with Crippen LogP contribution in [-0.2, 0) is 22.5 Å². The number of carbonyl (C=O) groups is 1. The van der Waals surface area contributed by atoms with Crippen LogP contribution in [0.25, 0.3) is 0 Å². The first-order chi connectivity index (χ1) is 10.3. The largest absolute Gasteiger partial charge is 0.375 e. The maximum atomic E-state index is 11.9. The van der Waals surface area contributed by atoms with Crippen LogP contribution in [0.15, 0.2) is 30.3 Å². The summed E-state index contributed by atoms with van der Waals surface area (Å²) in [5.41, 5.74) is 3.12. The average molecular weight is 286 g/mol. The maximum absolute atomic E-state index is 11.9. The second-order valence-corrected chi connectivity index (χ2v) is 5.02. The molecule has 21 heavy (non-hydrogen) atoms. The van der Waals surface area contributed by atoms with Gasteiger partial charge >= 0.3 is 0 Å². The molecule has 2 N–H and O–H groups in total. The van der Waals surface area contributed by atoms with E-state index in [-0.39, 0.29) is 12.5 Å². The van der Waals surface area contributed by atoms with Gasteiger partial charge in [0.2, 0.25) is 5.91 Å². The lowest BCUT2D eigenvalue weighted by molar-refractivity contribution is -0.136. The summed E-state index contributed by atoms with van der Waals surface area (Å²) in [4.78, 5) is 13.8. The number of carbonyl (C=O) groups excluding carboxylic acids is 1. The van der Waals surface area contributed by atoms with Gasteiger partial charge in [0.05, 0.1) is 6.54 Å². The molecule has 0 atom stereocenters. The summed E-state index contributed by atoms with van der Waals surface area (Å²) in [5.74, 6) is 0.793. The maximum Gasteiger partial charge on any atom is 0.248 e. The third-order valence-corrected chi connectivity index (χ3v) is 3.59. The first kappa shape index (κ1) is 13.6. The molecule has 0 aliphatic carbocycles. The van der Waals surface area contributed by atoms with Crippen LogP contribution in [-0.4, -0.2) is 41.3 Å². The molecule has 6 nitrogen and oxygen atoms in total. The Hall–Kier alpha value is -2.34. The van der Waals surface area contributed by atoms with Gasteiger partial charge in [-0.15, -0.1) is 0 Å². The summed E-state index contributed by atoms with van der Waals surface area (Å²) in [6.07, 6.45) is 0.786. The molecule has 0 saturated carbocycles. The highest BCUT2D eigenvalue weighted by molar-refractivity contribution is 5.78. The highest BCUT2D eigenvalue weighted by Gasteiger charge is 2.25. The standard InChI is InChI=1S/C15H18N4O2/c1-21-10-14(20)19-8-7-13-12(9-19)15(18-17-13)16-11-5-3-2-4-6-11/h2-6H,7-10H2,1H3,(H2,16,17,18). The number of ether oxygens (including phenoxy) is 1. The van der Waals surface area contributed by atoms with E-state index in [9.17, 15) is 4.79 Å². The van der Waals surface area contributed by atoms with E-state index in [1.165, 1.54) is 7.11 Å². The van der Waals surface area contributed by atoms with Crippen LogP contribution in [0, 0.1) is 0 Å². The van der Waals surface area contributed by atoms with Crippen LogP contribution in [0.5, 0.6) is 0 Å². The fourth-order valence-electron chi connectivity index (χ4n) is 2.48. The summed E-state index contributed by atoms with van der Waals surface area (Å²) in [7, 11) is 1.54. The Kier molecular flexibility index (Phi) is 3.87. The van der Waals surface area contributed by atoms with E-state index in [0.717, 1.165) is 29.2 Å². The number of rotatable bonds is 4. The molecule has 3 rings (SSSR count). The van der Waals surface area contributed by atoms with E-state index in [1.807, 2.05) is 30.3 Å². The summed E-state index contributed by atoms with van der Waals surface area (Å²) in [6.45, 7) is 1.37. The van der Waals surface area contributed by atoms with Crippen molar-refractivity contribution in [3.8, 4) is 0 Å². The number of hydrogen-bond acceptors (Lipinski definition) is 4. The van der Waals surface area contributed by atoms with Crippen molar-refractivity contribution in [2.75, 3.05) is 25.6 Å². The Bertz CT molecular complexity index is 624. The summed E-state index contributed by atoms with van der Waals surface area (Å²) in [6, 6.07) is 9.87. The minimum absolute atomic E-state index is 0.00927. The van der Waals surface area contributed by atoms with Gasteiger partial charge in [-0.05, 0) is 12.1 Å². The average Bonchev–Trinajstić information content (AvgIpc) is 2.91. The Morgan fingerprint density at radius 3 is 3.00 bits per heavy atom. The number of anilines is 2. The van der Waals surface area contributed by atoms with Gasteiger partial charge in [-0.2, -0.15) is 5.10 Å². The van der Waals surface area contributed by atoms with Gasteiger partial charge < -0.3 is 15.0 Å². The lowest BCUT2D eigenvalue weighted by Gasteiger charge is -2.27. The lowest BCUT2D eigenvalue weighted by atomic mass is 10.1. The highest BCUT2D eigenvalue weighted by atomic mass is 16.5. The second kappa shape index (κ2) is 5.97. The van der Waals surface area contributed by atoms with Gasteiger partial charge in [0.15, 0.2) is 5.82 Å². The molecule has 0 fully saturated rings. The van der Waals surface area contributed by atoms with Crippen molar-refractivity contribution in [3.63, 3.8) is 0 Å². The van der Waals surface area contributed by atoms with Crippen molar-refractivity contribution in [1.29, 1.82) is 0 Å². The summed E-state index contributed by atoms with van der Waals surface area (Å²) in [5, 5.41) is 10.7. The Morgan fingerprint density at radius 1 is 1.43 bits per heavy atom. The predicted octanol–water partition coefficient (Wildman–Crippen LogP) is 1.68. The van der Waals surface area contributed by atoms with E-state index in [0.29, 0.717) is 13.1 Å². The van der Waals surface area contributed by atoms with E-state index < -0.39 is 0 Å². The molecule has 0 saturated heterocycles. The SMILES string of the molecule is COCC(=O)N1CCc2[nH]nc(Nc3ccccc3)c2C1. The Balaban J connectivity index is 1.78. The topological polar surface area (TPSA) is 70.2 Å². The van der Waals surface area contributed by atoms with E-state index in [1.54, 1.807) is 4.90 Å². The minimum Gasteiger partial charge on any atom is -0.375 e. The zero-order valence-electron chi connectivity index (χ0n) is 11.9. The summed E-state index contributed by atoms with van der Waals surface area (Å²) < 4.78 is 4.92. The molecule has 6 heteroatoms. The number of aromatic nitrogens is 2. The molecule has 1 aromatic heterocycles. The number of nitrogens with zero attached hydrogens (tertiary/aromatic N) is 2.